The normalized spacial score (nSPS) is 19.6. The third-order valence-corrected chi connectivity index (χ3v) is 7.87. The highest BCUT2D eigenvalue weighted by atomic mass is 35.5. The molecule has 218 valence electrons. The molecule has 0 saturated heterocycles. The standard InChI is InChI=1S/C30H29ClF3NO6/c1-30(39)12-10-18(11-13-30)14-21(24(36)15-17-2-4-19(5-3-17)28(37)38)23-8-6-20(16-35(23)40)26-25(41-29(33)34)9-7-22(31)27(26)32/h2-9,16,18,21,29,39H,10-15H2,1H3,(H,37,38). The topological polar surface area (TPSA) is 111 Å². The number of hydrogen-bond acceptors (Lipinski definition) is 5. The molecule has 0 spiro atoms. The van der Waals surface area contributed by atoms with E-state index in [-0.39, 0.29) is 40.0 Å². The fourth-order valence-electron chi connectivity index (χ4n) is 5.28. The van der Waals surface area contributed by atoms with Gasteiger partial charge in [0.05, 0.1) is 27.3 Å². The summed E-state index contributed by atoms with van der Waals surface area (Å²) in [4.78, 5) is 24.8. The zero-order chi connectivity index (χ0) is 29.9. The molecule has 4 rings (SSSR count). The number of carboxylic acid groups (broad SMARTS) is 1. The van der Waals surface area contributed by atoms with Crippen LogP contribution < -0.4 is 9.47 Å². The van der Waals surface area contributed by atoms with Crippen LogP contribution in [-0.4, -0.2) is 34.2 Å². The minimum atomic E-state index is -3.24. The lowest BCUT2D eigenvalue weighted by Gasteiger charge is -2.34. The molecule has 1 atom stereocenters. The summed E-state index contributed by atoms with van der Waals surface area (Å²) in [6.07, 6.45) is 3.67. The molecule has 1 aliphatic rings. The average molecular weight is 592 g/mol. The summed E-state index contributed by atoms with van der Waals surface area (Å²) < 4.78 is 45.7. The number of nitrogens with zero attached hydrogens (tertiary/aromatic N) is 1. The number of carbonyl (C=O) groups excluding carboxylic acids is 1. The lowest BCUT2D eigenvalue weighted by Crippen LogP contribution is -2.37. The molecule has 2 aromatic carbocycles. The molecule has 3 aromatic rings. The number of halogens is 4. The summed E-state index contributed by atoms with van der Waals surface area (Å²) in [7, 11) is 0. The molecule has 1 saturated carbocycles. The van der Waals surface area contributed by atoms with Crippen LogP contribution in [0.1, 0.15) is 66.6 Å². The number of hydrogen-bond donors (Lipinski definition) is 2. The third-order valence-electron chi connectivity index (χ3n) is 7.58. The summed E-state index contributed by atoms with van der Waals surface area (Å²) in [5, 5.41) is 32.5. The molecule has 1 fully saturated rings. The van der Waals surface area contributed by atoms with E-state index in [1.165, 1.54) is 36.4 Å². The lowest BCUT2D eigenvalue weighted by molar-refractivity contribution is -0.614. The van der Waals surface area contributed by atoms with Gasteiger partial charge in [-0.3, -0.25) is 4.79 Å². The van der Waals surface area contributed by atoms with Gasteiger partial charge in [0.1, 0.15) is 11.7 Å². The summed E-state index contributed by atoms with van der Waals surface area (Å²) >= 11 is 5.87. The molecular weight excluding hydrogens is 563 g/mol. The third kappa shape index (κ3) is 7.37. The van der Waals surface area contributed by atoms with E-state index in [0.717, 1.165) is 18.3 Å². The maximum atomic E-state index is 14.9. The van der Waals surface area contributed by atoms with Gasteiger partial charge >= 0.3 is 12.6 Å². The van der Waals surface area contributed by atoms with Crippen molar-refractivity contribution in [2.45, 2.75) is 63.6 Å². The molecule has 2 N–H and O–H groups in total. The maximum Gasteiger partial charge on any atom is 0.387 e. The molecule has 0 aliphatic heterocycles. The van der Waals surface area contributed by atoms with E-state index >= 15 is 0 Å². The van der Waals surface area contributed by atoms with Crippen molar-refractivity contribution in [3.05, 3.63) is 87.6 Å². The Kier molecular flexibility index (Phi) is 9.24. The van der Waals surface area contributed by atoms with Crippen LogP contribution in [-0.2, 0) is 11.2 Å². The predicted octanol–water partition coefficient (Wildman–Crippen LogP) is 6.31. The van der Waals surface area contributed by atoms with Crippen molar-refractivity contribution in [3.8, 4) is 16.9 Å². The Morgan fingerprint density at radius 2 is 1.78 bits per heavy atom. The first-order valence-corrected chi connectivity index (χ1v) is 13.5. The number of aromatic nitrogens is 1. The van der Waals surface area contributed by atoms with Gasteiger partial charge in [0.15, 0.2) is 17.8 Å². The number of ether oxygens (including phenoxy) is 1. The summed E-state index contributed by atoms with van der Waals surface area (Å²) in [5.74, 6) is -3.73. The van der Waals surface area contributed by atoms with Crippen molar-refractivity contribution in [1.29, 1.82) is 0 Å². The van der Waals surface area contributed by atoms with Gasteiger partial charge < -0.3 is 20.2 Å². The second-order valence-corrected chi connectivity index (χ2v) is 11.1. The zero-order valence-corrected chi connectivity index (χ0v) is 22.9. The van der Waals surface area contributed by atoms with E-state index in [2.05, 4.69) is 4.74 Å². The molecule has 0 amide bonds. The molecule has 1 aliphatic carbocycles. The second-order valence-electron chi connectivity index (χ2n) is 10.7. The van der Waals surface area contributed by atoms with Gasteiger partial charge in [-0.15, -0.1) is 0 Å². The number of benzene rings is 2. The molecule has 1 heterocycles. The minimum Gasteiger partial charge on any atom is -0.618 e. The Morgan fingerprint density at radius 3 is 2.37 bits per heavy atom. The minimum absolute atomic E-state index is 0.0506. The molecule has 1 unspecified atom stereocenters. The van der Waals surface area contributed by atoms with Crippen LogP contribution in [0.15, 0.2) is 54.7 Å². The van der Waals surface area contributed by atoms with Gasteiger partial charge in [-0.2, -0.15) is 13.5 Å². The highest BCUT2D eigenvalue weighted by molar-refractivity contribution is 6.31. The molecule has 0 radical (unpaired) electrons. The summed E-state index contributed by atoms with van der Waals surface area (Å²) in [6.45, 7) is -1.48. The van der Waals surface area contributed by atoms with Gasteiger partial charge in [0.2, 0.25) is 5.69 Å². The monoisotopic (exact) mass is 591 g/mol. The molecule has 11 heteroatoms. The smallest absolute Gasteiger partial charge is 0.387 e. The highest BCUT2D eigenvalue weighted by Crippen LogP contribution is 2.39. The van der Waals surface area contributed by atoms with Gasteiger partial charge in [-0.1, -0.05) is 23.7 Å². The molecule has 0 bridgehead atoms. The quantitative estimate of drug-likeness (QED) is 0.211. The van der Waals surface area contributed by atoms with E-state index in [1.807, 2.05) is 0 Å². The van der Waals surface area contributed by atoms with E-state index in [9.17, 15) is 33.1 Å². The zero-order valence-electron chi connectivity index (χ0n) is 22.2. The Bertz CT molecular complexity index is 1420. The number of aliphatic hydroxyl groups is 1. The van der Waals surface area contributed by atoms with Crippen LogP contribution in [0, 0.1) is 16.9 Å². The molecule has 1 aromatic heterocycles. The number of pyridine rings is 1. The first kappa shape index (κ1) is 30.3. The second kappa shape index (κ2) is 12.5. The van der Waals surface area contributed by atoms with Crippen molar-refractivity contribution < 1.29 is 42.4 Å². The number of Topliss-reactive ketones (excluding diaryl/α,β-unsaturated/α-hetero) is 1. The van der Waals surface area contributed by atoms with Crippen LogP contribution in [0.2, 0.25) is 5.02 Å². The lowest BCUT2D eigenvalue weighted by atomic mass is 9.75. The number of aromatic carboxylic acids is 1. The number of alkyl halides is 2. The summed E-state index contributed by atoms with van der Waals surface area (Å²) in [5.41, 5.74) is -0.532. The maximum absolute atomic E-state index is 14.9. The molecular formula is C30H29ClF3NO6. The predicted molar refractivity (Wildman–Crippen MR) is 144 cm³/mol. The van der Waals surface area contributed by atoms with Gasteiger partial charge in [0.25, 0.3) is 0 Å². The van der Waals surface area contributed by atoms with E-state index in [4.69, 9.17) is 16.7 Å². The van der Waals surface area contributed by atoms with Gasteiger partial charge in [-0.05, 0) is 80.8 Å². The van der Waals surface area contributed by atoms with E-state index in [0.29, 0.717) is 42.4 Å². The Hall–Kier alpha value is -3.63. The number of rotatable bonds is 10. The number of carboxylic acids is 1. The first-order valence-electron chi connectivity index (χ1n) is 13.1. The van der Waals surface area contributed by atoms with E-state index in [1.54, 1.807) is 6.92 Å². The Morgan fingerprint density at radius 1 is 1.12 bits per heavy atom. The fraction of sp³-hybridized carbons (Fsp3) is 0.367. The van der Waals surface area contributed by atoms with Crippen LogP contribution in [0.5, 0.6) is 5.75 Å². The van der Waals surface area contributed by atoms with E-state index < -0.39 is 41.2 Å². The van der Waals surface area contributed by atoms with Crippen molar-refractivity contribution in [2.24, 2.45) is 5.92 Å². The van der Waals surface area contributed by atoms with Crippen LogP contribution in [0.4, 0.5) is 13.2 Å². The highest BCUT2D eigenvalue weighted by Gasteiger charge is 2.35. The molecule has 7 nitrogen and oxygen atoms in total. The SMILES string of the molecule is CC1(O)CCC(CC(C(=O)Cc2ccc(C(=O)O)cc2)c2ccc(-c3c(OC(F)F)ccc(Cl)c3F)c[n+]2[O-])CC1. The largest absolute Gasteiger partial charge is 0.618 e. The Labute approximate surface area is 239 Å². The summed E-state index contributed by atoms with van der Waals surface area (Å²) in [6, 6.07) is 10.7. The molecule has 41 heavy (non-hydrogen) atoms. The van der Waals surface area contributed by atoms with Gasteiger partial charge in [0, 0.05) is 12.5 Å². The van der Waals surface area contributed by atoms with Crippen molar-refractivity contribution >= 4 is 23.4 Å². The van der Waals surface area contributed by atoms with Gasteiger partial charge in [-0.25, -0.2) is 9.18 Å². The van der Waals surface area contributed by atoms with Crippen molar-refractivity contribution in [3.63, 3.8) is 0 Å². The van der Waals surface area contributed by atoms with Crippen molar-refractivity contribution in [1.82, 2.24) is 0 Å². The number of ketones is 1. The number of carbonyl (C=O) groups is 2. The average Bonchev–Trinajstić information content (AvgIpc) is 2.90. The Balaban J connectivity index is 1.68. The first-order chi connectivity index (χ1) is 19.3. The fourth-order valence-corrected chi connectivity index (χ4v) is 5.44. The van der Waals surface area contributed by atoms with Crippen LogP contribution in [0.3, 0.4) is 0 Å². The van der Waals surface area contributed by atoms with Crippen LogP contribution >= 0.6 is 11.6 Å². The van der Waals surface area contributed by atoms with Crippen molar-refractivity contribution in [2.75, 3.05) is 0 Å². The van der Waals surface area contributed by atoms with Crippen LogP contribution in [0.25, 0.3) is 11.1 Å².